The second-order valence-electron chi connectivity index (χ2n) is 5.11. The van der Waals surface area contributed by atoms with E-state index in [0.29, 0.717) is 23.4 Å². The summed E-state index contributed by atoms with van der Waals surface area (Å²) in [5.41, 5.74) is 1.04. The minimum atomic E-state index is -0.0136. The first-order chi connectivity index (χ1) is 9.67. The summed E-state index contributed by atoms with van der Waals surface area (Å²) in [5, 5.41) is 13.7. The number of ether oxygens (including phenoxy) is 1. The highest BCUT2D eigenvalue weighted by Gasteiger charge is 2.27. The molecule has 5 heteroatoms. The van der Waals surface area contributed by atoms with Crippen molar-refractivity contribution in [3.63, 3.8) is 0 Å². The Hall–Kier alpha value is -0.810. The van der Waals surface area contributed by atoms with Gasteiger partial charge in [0.15, 0.2) is 0 Å². The van der Waals surface area contributed by atoms with Crippen LogP contribution in [0.25, 0.3) is 0 Å². The van der Waals surface area contributed by atoms with Crippen molar-refractivity contribution in [3.05, 3.63) is 28.8 Å². The first kappa shape index (κ1) is 15.6. The summed E-state index contributed by atoms with van der Waals surface area (Å²) in [4.78, 5) is 2.32. The molecule has 0 spiro atoms. The highest BCUT2D eigenvalue weighted by Crippen LogP contribution is 2.31. The number of rotatable bonds is 5. The van der Waals surface area contributed by atoms with Crippen LogP contribution in [0.15, 0.2) is 18.2 Å². The van der Waals surface area contributed by atoms with Gasteiger partial charge in [-0.2, -0.15) is 0 Å². The third-order valence-corrected chi connectivity index (χ3v) is 4.06. The van der Waals surface area contributed by atoms with Crippen molar-refractivity contribution in [2.45, 2.75) is 25.9 Å². The van der Waals surface area contributed by atoms with Crippen LogP contribution >= 0.6 is 11.6 Å². The number of aliphatic hydroxyl groups is 1. The average Bonchev–Trinajstić information content (AvgIpc) is 2.45. The van der Waals surface area contributed by atoms with E-state index in [1.807, 2.05) is 25.1 Å². The van der Waals surface area contributed by atoms with Gasteiger partial charge in [-0.1, -0.05) is 17.7 Å². The number of nitrogens with one attached hydrogen (secondary N) is 1. The lowest BCUT2D eigenvalue weighted by Crippen LogP contribution is -2.51. The van der Waals surface area contributed by atoms with E-state index in [1.165, 1.54) is 0 Å². The molecule has 1 saturated heterocycles. The molecule has 4 nitrogen and oxygen atoms in total. The Morgan fingerprint density at radius 3 is 2.95 bits per heavy atom. The molecule has 1 heterocycles. The Morgan fingerprint density at radius 1 is 1.55 bits per heavy atom. The molecule has 112 valence electrons. The number of piperazine rings is 1. The second-order valence-corrected chi connectivity index (χ2v) is 5.52. The summed E-state index contributed by atoms with van der Waals surface area (Å²) in [6, 6.07) is 6.16. The van der Waals surface area contributed by atoms with E-state index in [-0.39, 0.29) is 12.6 Å². The predicted octanol–water partition coefficient (Wildman–Crippen LogP) is 2.07. The summed E-state index contributed by atoms with van der Waals surface area (Å²) >= 11 is 6.25. The van der Waals surface area contributed by atoms with E-state index >= 15 is 0 Å². The lowest BCUT2D eigenvalue weighted by Gasteiger charge is -2.39. The SMILES string of the molecule is CCOc1ccc(C(CO)N2CCNCC2C)cc1Cl. The molecule has 0 aliphatic carbocycles. The van der Waals surface area contributed by atoms with E-state index in [4.69, 9.17) is 16.3 Å². The van der Waals surface area contributed by atoms with Crippen LogP contribution in [0.4, 0.5) is 0 Å². The molecule has 2 unspecified atom stereocenters. The van der Waals surface area contributed by atoms with Crippen molar-refractivity contribution in [1.29, 1.82) is 0 Å². The Bertz CT molecular complexity index is 442. The Kier molecular flexibility index (Phi) is 5.66. The van der Waals surface area contributed by atoms with Crippen molar-refractivity contribution in [1.82, 2.24) is 10.2 Å². The summed E-state index contributed by atoms with van der Waals surface area (Å²) in [7, 11) is 0. The van der Waals surface area contributed by atoms with E-state index in [2.05, 4.69) is 17.1 Å². The van der Waals surface area contributed by atoms with E-state index < -0.39 is 0 Å². The zero-order valence-electron chi connectivity index (χ0n) is 12.1. The van der Waals surface area contributed by atoms with Crippen LogP contribution < -0.4 is 10.1 Å². The molecule has 1 aliphatic rings. The van der Waals surface area contributed by atoms with Gasteiger partial charge in [0.2, 0.25) is 0 Å². The monoisotopic (exact) mass is 298 g/mol. The van der Waals surface area contributed by atoms with Crippen LogP contribution in [-0.2, 0) is 0 Å². The van der Waals surface area contributed by atoms with E-state index in [0.717, 1.165) is 25.2 Å². The van der Waals surface area contributed by atoms with Gasteiger partial charge < -0.3 is 15.2 Å². The maximum Gasteiger partial charge on any atom is 0.137 e. The fourth-order valence-electron chi connectivity index (χ4n) is 2.72. The van der Waals surface area contributed by atoms with Gasteiger partial charge >= 0.3 is 0 Å². The fraction of sp³-hybridized carbons (Fsp3) is 0.600. The molecule has 0 bridgehead atoms. The third-order valence-electron chi connectivity index (χ3n) is 3.77. The van der Waals surface area contributed by atoms with Crippen molar-refractivity contribution in [2.24, 2.45) is 0 Å². The molecule has 1 aromatic carbocycles. The lowest BCUT2D eigenvalue weighted by molar-refractivity contribution is 0.0723. The molecular weight excluding hydrogens is 276 g/mol. The normalized spacial score (nSPS) is 21.7. The topological polar surface area (TPSA) is 44.7 Å². The van der Waals surface area contributed by atoms with E-state index in [9.17, 15) is 5.11 Å². The highest BCUT2D eigenvalue weighted by molar-refractivity contribution is 6.32. The van der Waals surface area contributed by atoms with Gasteiger partial charge in [0.25, 0.3) is 0 Å². The fourth-order valence-corrected chi connectivity index (χ4v) is 2.96. The summed E-state index contributed by atoms with van der Waals surface area (Å²) in [6.45, 7) is 7.62. The molecule has 1 aliphatic heterocycles. The Balaban J connectivity index is 2.20. The van der Waals surface area contributed by atoms with Crippen LogP contribution in [-0.4, -0.2) is 48.9 Å². The quantitative estimate of drug-likeness (QED) is 0.873. The van der Waals surface area contributed by atoms with Crippen molar-refractivity contribution in [2.75, 3.05) is 32.8 Å². The van der Waals surface area contributed by atoms with Crippen LogP contribution in [0.3, 0.4) is 0 Å². The van der Waals surface area contributed by atoms with Gasteiger partial charge in [-0.25, -0.2) is 0 Å². The molecule has 1 fully saturated rings. The molecule has 0 amide bonds. The van der Waals surface area contributed by atoms with Gasteiger partial charge in [-0.15, -0.1) is 0 Å². The van der Waals surface area contributed by atoms with Gasteiger partial charge in [0, 0.05) is 25.7 Å². The summed E-state index contributed by atoms with van der Waals surface area (Å²) in [6.07, 6.45) is 0. The zero-order valence-corrected chi connectivity index (χ0v) is 12.9. The third kappa shape index (κ3) is 3.44. The number of benzene rings is 1. The molecule has 2 atom stereocenters. The maximum absolute atomic E-state index is 9.78. The minimum absolute atomic E-state index is 0.0136. The molecule has 2 rings (SSSR count). The molecule has 2 N–H and O–H groups in total. The second kappa shape index (κ2) is 7.27. The van der Waals surface area contributed by atoms with E-state index in [1.54, 1.807) is 0 Å². The summed E-state index contributed by atoms with van der Waals surface area (Å²) < 4.78 is 5.45. The van der Waals surface area contributed by atoms with Crippen LogP contribution in [0.1, 0.15) is 25.5 Å². The Labute approximate surface area is 125 Å². The van der Waals surface area contributed by atoms with Crippen molar-refractivity contribution < 1.29 is 9.84 Å². The molecule has 0 saturated carbocycles. The molecule has 0 radical (unpaired) electrons. The van der Waals surface area contributed by atoms with Crippen LogP contribution in [0, 0.1) is 0 Å². The molecule has 20 heavy (non-hydrogen) atoms. The number of nitrogens with zero attached hydrogens (tertiary/aromatic N) is 1. The maximum atomic E-state index is 9.78. The van der Waals surface area contributed by atoms with Gasteiger partial charge in [-0.05, 0) is 31.5 Å². The van der Waals surface area contributed by atoms with Crippen molar-refractivity contribution >= 4 is 11.6 Å². The number of hydrogen-bond donors (Lipinski definition) is 2. The lowest BCUT2D eigenvalue weighted by atomic mass is 10.0. The first-order valence-corrected chi connectivity index (χ1v) is 7.54. The number of halogens is 1. The highest BCUT2D eigenvalue weighted by atomic mass is 35.5. The minimum Gasteiger partial charge on any atom is -0.492 e. The smallest absolute Gasteiger partial charge is 0.137 e. The van der Waals surface area contributed by atoms with Gasteiger partial charge in [-0.3, -0.25) is 4.90 Å². The average molecular weight is 299 g/mol. The number of aliphatic hydroxyl groups excluding tert-OH is 1. The standard InChI is InChI=1S/C15H23ClN2O2/c1-3-20-15-5-4-12(8-13(15)16)14(10-19)18-7-6-17-9-11(18)2/h4-5,8,11,14,17,19H,3,6-7,9-10H2,1-2H3. The van der Waals surface area contributed by atoms with Gasteiger partial charge in [0.05, 0.1) is 24.3 Å². The van der Waals surface area contributed by atoms with Crippen molar-refractivity contribution in [3.8, 4) is 5.75 Å². The zero-order chi connectivity index (χ0) is 14.5. The summed E-state index contributed by atoms with van der Waals surface area (Å²) in [5.74, 6) is 0.697. The van der Waals surface area contributed by atoms with Crippen LogP contribution in [0.2, 0.25) is 5.02 Å². The molecular formula is C15H23ClN2O2. The first-order valence-electron chi connectivity index (χ1n) is 7.17. The van der Waals surface area contributed by atoms with Gasteiger partial charge in [0.1, 0.15) is 5.75 Å². The predicted molar refractivity (Wildman–Crippen MR) is 81.5 cm³/mol. The Morgan fingerprint density at radius 2 is 2.35 bits per heavy atom. The van der Waals surface area contributed by atoms with Crippen LogP contribution in [0.5, 0.6) is 5.75 Å². The number of hydrogen-bond acceptors (Lipinski definition) is 4. The largest absolute Gasteiger partial charge is 0.492 e. The molecule has 1 aromatic rings. The molecule has 0 aromatic heterocycles.